The third kappa shape index (κ3) is 5.69. The molecular formula is C24H25N3O2. The smallest absolute Gasteiger partial charge is 0.242 e. The van der Waals surface area contributed by atoms with E-state index in [4.69, 9.17) is 0 Å². The van der Waals surface area contributed by atoms with Crippen LogP contribution in [0.2, 0.25) is 0 Å². The third-order valence-corrected chi connectivity index (χ3v) is 4.51. The molecule has 0 saturated heterocycles. The number of amides is 2. The van der Waals surface area contributed by atoms with Crippen molar-refractivity contribution in [2.75, 3.05) is 10.6 Å². The van der Waals surface area contributed by atoms with Gasteiger partial charge in [0.15, 0.2) is 0 Å². The molecule has 2 amide bonds. The van der Waals surface area contributed by atoms with Crippen molar-refractivity contribution < 1.29 is 9.59 Å². The topological polar surface area (TPSA) is 70.2 Å². The Bertz CT molecular complexity index is 919. The molecule has 5 nitrogen and oxygen atoms in total. The van der Waals surface area contributed by atoms with E-state index in [1.807, 2.05) is 79.7 Å². The normalized spacial score (nSPS) is 11.6. The van der Waals surface area contributed by atoms with Crippen molar-refractivity contribution >= 4 is 23.2 Å². The summed E-state index contributed by atoms with van der Waals surface area (Å²) in [6, 6.07) is 26.4. The molecule has 3 aromatic rings. The Kier molecular flexibility index (Phi) is 6.63. The number of hydrogen-bond acceptors (Lipinski definition) is 3. The number of nitrogens with one attached hydrogen (secondary N) is 3. The van der Waals surface area contributed by atoms with Gasteiger partial charge in [-0.1, -0.05) is 66.7 Å². The summed E-state index contributed by atoms with van der Waals surface area (Å²) in [5, 5.41) is 9.09. The molecule has 0 aromatic heterocycles. The first-order chi connectivity index (χ1) is 14.0. The van der Waals surface area contributed by atoms with E-state index >= 15 is 0 Å². The molecule has 3 rings (SSSR count). The van der Waals surface area contributed by atoms with Crippen LogP contribution >= 0.6 is 0 Å². The summed E-state index contributed by atoms with van der Waals surface area (Å²) in [5.41, 5.74) is 3.48. The Morgan fingerprint density at radius 2 is 1.31 bits per heavy atom. The number of benzene rings is 3. The molecule has 0 radical (unpaired) electrons. The fraction of sp³-hybridized carbons (Fsp3) is 0.167. The van der Waals surface area contributed by atoms with Crippen molar-refractivity contribution in [3.8, 4) is 0 Å². The highest BCUT2D eigenvalue weighted by Crippen LogP contribution is 2.22. The largest absolute Gasteiger partial charge is 0.374 e. The molecule has 0 aliphatic rings. The second-order valence-electron chi connectivity index (χ2n) is 6.89. The van der Waals surface area contributed by atoms with E-state index in [0.717, 1.165) is 16.8 Å². The van der Waals surface area contributed by atoms with Crippen LogP contribution in [0.25, 0.3) is 0 Å². The number of carbonyl (C=O) groups excluding carboxylic acids is 2. The summed E-state index contributed by atoms with van der Waals surface area (Å²) in [7, 11) is 0. The minimum atomic E-state index is -0.461. The van der Waals surface area contributed by atoms with Gasteiger partial charge in [-0.2, -0.15) is 0 Å². The Hall–Kier alpha value is -3.60. The highest BCUT2D eigenvalue weighted by molar-refractivity contribution is 5.89. The Morgan fingerprint density at radius 3 is 1.86 bits per heavy atom. The molecule has 0 heterocycles. The molecule has 1 atom stereocenters. The molecule has 0 aliphatic carbocycles. The standard InChI is InChI=1S/C24H25N3O2/c1-17(25-21-14-9-15-22(16-21)26-18(2)28)24(29)27-23(19-10-5-3-6-11-19)20-12-7-4-8-13-20/h3-17,23,25H,1-2H3,(H,26,28)(H,27,29)/t17-/m1/s1. The van der Waals surface area contributed by atoms with Crippen LogP contribution in [0, 0.1) is 0 Å². The van der Waals surface area contributed by atoms with E-state index < -0.39 is 6.04 Å². The van der Waals surface area contributed by atoms with Gasteiger partial charge in [-0.25, -0.2) is 0 Å². The molecule has 148 valence electrons. The van der Waals surface area contributed by atoms with Gasteiger partial charge >= 0.3 is 0 Å². The fourth-order valence-corrected chi connectivity index (χ4v) is 3.12. The summed E-state index contributed by atoms with van der Waals surface area (Å²) in [6.07, 6.45) is 0. The maximum Gasteiger partial charge on any atom is 0.242 e. The molecule has 5 heteroatoms. The summed E-state index contributed by atoms with van der Waals surface area (Å²) >= 11 is 0. The van der Waals surface area contributed by atoms with Gasteiger partial charge in [0.25, 0.3) is 0 Å². The first-order valence-corrected chi connectivity index (χ1v) is 9.57. The molecule has 0 spiro atoms. The zero-order chi connectivity index (χ0) is 20.6. The molecule has 0 bridgehead atoms. The van der Waals surface area contributed by atoms with Gasteiger partial charge in [-0.05, 0) is 36.2 Å². The average molecular weight is 387 g/mol. The van der Waals surface area contributed by atoms with Gasteiger partial charge in [0.2, 0.25) is 11.8 Å². The lowest BCUT2D eigenvalue weighted by Crippen LogP contribution is -2.40. The van der Waals surface area contributed by atoms with Gasteiger partial charge in [-0.3, -0.25) is 9.59 Å². The van der Waals surface area contributed by atoms with Crippen LogP contribution < -0.4 is 16.0 Å². The molecule has 0 saturated carbocycles. The minimum absolute atomic E-state index is 0.118. The lowest BCUT2D eigenvalue weighted by Gasteiger charge is -2.23. The van der Waals surface area contributed by atoms with Crippen molar-refractivity contribution in [3.05, 3.63) is 96.1 Å². The number of hydrogen-bond donors (Lipinski definition) is 3. The van der Waals surface area contributed by atoms with Crippen molar-refractivity contribution in [2.45, 2.75) is 25.9 Å². The quantitative estimate of drug-likeness (QED) is 0.564. The predicted octanol–water partition coefficient (Wildman–Crippen LogP) is 4.35. The van der Waals surface area contributed by atoms with E-state index in [2.05, 4.69) is 16.0 Å². The minimum Gasteiger partial charge on any atom is -0.374 e. The Labute approximate surface area is 171 Å². The van der Waals surface area contributed by atoms with Crippen LogP contribution in [0.15, 0.2) is 84.9 Å². The van der Waals surface area contributed by atoms with E-state index in [1.165, 1.54) is 6.92 Å². The monoisotopic (exact) mass is 387 g/mol. The number of carbonyl (C=O) groups is 2. The van der Waals surface area contributed by atoms with Crippen LogP contribution in [-0.2, 0) is 9.59 Å². The summed E-state index contributed by atoms with van der Waals surface area (Å²) in [4.78, 5) is 24.2. The van der Waals surface area contributed by atoms with Crippen molar-refractivity contribution in [3.63, 3.8) is 0 Å². The van der Waals surface area contributed by atoms with Crippen LogP contribution in [0.1, 0.15) is 31.0 Å². The number of rotatable bonds is 7. The lowest BCUT2D eigenvalue weighted by molar-refractivity contribution is -0.122. The lowest BCUT2D eigenvalue weighted by atomic mass is 9.98. The number of anilines is 2. The zero-order valence-corrected chi connectivity index (χ0v) is 16.6. The molecule has 29 heavy (non-hydrogen) atoms. The molecule has 3 aromatic carbocycles. The van der Waals surface area contributed by atoms with Crippen LogP contribution in [0.5, 0.6) is 0 Å². The second-order valence-corrected chi connectivity index (χ2v) is 6.89. The second kappa shape index (κ2) is 9.55. The van der Waals surface area contributed by atoms with Crippen LogP contribution in [-0.4, -0.2) is 17.9 Å². The van der Waals surface area contributed by atoms with E-state index in [-0.39, 0.29) is 17.9 Å². The SMILES string of the molecule is CC(=O)Nc1cccc(N[C@H](C)C(=O)NC(c2ccccc2)c2ccccc2)c1. The highest BCUT2D eigenvalue weighted by Gasteiger charge is 2.20. The zero-order valence-electron chi connectivity index (χ0n) is 16.6. The van der Waals surface area contributed by atoms with Gasteiger partial charge in [0, 0.05) is 18.3 Å². The van der Waals surface area contributed by atoms with E-state index in [1.54, 1.807) is 12.1 Å². The van der Waals surface area contributed by atoms with Crippen LogP contribution in [0.3, 0.4) is 0 Å². The van der Waals surface area contributed by atoms with Crippen LogP contribution in [0.4, 0.5) is 11.4 Å². The summed E-state index contributed by atoms with van der Waals surface area (Å²) in [6.45, 7) is 3.27. The molecular weight excluding hydrogens is 362 g/mol. The first kappa shape index (κ1) is 20.1. The molecule has 0 unspecified atom stereocenters. The van der Waals surface area contributed by atoms with E-state index in [9.17, 15) is 9.59 Å². The third-order valence-electron chi connectivity index (χ3n) is 4.51. The fourth-order valence-electron chi connectivity index (χ4n) is 3.12. The highest BCUT2D eigenvalue weighted by atomic mass is 16.2. The predicted molar refractivity (Wildman–Crippen MR) is 117 cm³/mol. The van der Waals surface area contributed by atoms with Crippen molar-refractivity contribution in [1.82, 2.24) is 5.32 Å². The van der Waals surface area contributed by atoms with Crippen molar-refractivity contribution in [2.24, 2.45) is 0 Å². The average Bonchev–Trinajstić information content (AvgIpc) is 2.73. The van der Waals surface area contributed by atoms with Gasteiger partial charge < -0.3 is 16.0 Å². The molecule has 0 aliphatic heterocycles. The molecule has 0 fully saturated rings. The van der Waals surface area contributed by atoms with Crippen molar-refractivity contribution in [1.29, 1.82) is 0 Å². The Balaban J connectivity index is 1.73. The maximum absolute atomic E-state index is 12.9. The van der Waals surface area contributed by atoms with Gasteiger partial charge in [-0.15, -0.1) is 0 Å². The first-order valence-electron chi connectivity index (χ1n) is 9.57. The maximum atomic E-state index is 12.9. The molecule has 3 N–H and O–H groups in total. The van der Waals surface area contributed by atoms with Gasteiger partial charge in [0.1, 0.15) is 6.04 Å². The summed E-state index contributed by atoms with van der Waals surface area (Å²) < 4.78 is 0. The van der Waals surface area contributed by atoms with Gasteiger partial charge in [0.05, 0.1) is 6.04 Å². The Morgan fingerprint density at radius 1 is 0.759 bits per heavy atom. The summed E-state index contributed by atoms with van der Waals surface area (Å²) in [5.74, 6) is -0.255. The van der Waals surface area contributed by atoms with E-state index in [0.29, 0.717) is 5.69 Å².